The zero-order chi connectivity index (χ0) is 19.7. The van der Waals surface area contributed by atoms with Crippen LogP contribution in [0.4, 0.5) is 0 Å². The molecular weight excluding hydrogens is 352 g/mol. The summed E-state index contributed by atoms with van der Waals surface area (Å²) in [5, 5.41) is 0. The van der Waals surface area contributed by atoms with Gasteiger partial charge in [0.25, 0.3) is 11.8 Å². The van der Waals surface area contributed by atoms with Crippen LogP contribution in [0.3, 0.4) is 0 Å². The van der Waals surface area contributed by atoms with Crippen LogP contribution in [0.1, 0.15) is 57.5 Å². The molecule has 0 aromatic heterocycles. The van der Waals surface area contributed by atoms with Crippen molar-refractivity contribution in [2.75, 3.05) is 6.54 Å². The van der Waals surface area contributed by atoms with Gasteiger partial charge in [0.1, 0.15) is 0 Å². The van der Waals surface area contributed by atoms with Gasteiger partial charge in [-0.3, -0.25) is 19.3 Å². The second kappa shape index (κ2) is 7.58. The molecule has 4 rings (SSSR count). The van der Waals surface area contributed by atoms with E-state index < -0.39 is 0 Å². The molecule has 5 heteroatoms. The number of rotatable bonds is 7. The number of amides is 3. The molecule has 1 fully saturated rings. The normalized spacial score (nSPS) is 15.7. The van der Waals surface area contributed by atoms with E-state index in [1.165, 1.54) is 10.5 Å². The van der Waals surface area contributed by atoms with Crippen LogP contribution in [-0.4, -0.2) is 40.1 Å². The summed E-state index contributed by atoms with van der Waals surface area (Å²) in [6.07, 6.45) is 2.93. The number of carbonyl (C=O) groups is 3. The van der Waals surface area contributed by atoms with Crippen LogP contribution in [0.2, 0.25) is 0 Å². The van der Waals surface area contributed by atoms with Gasteiger partial charge in [-0.05, 0) is 43.9 Å². The van der Waals surface area contributed by atoms with Gasteiger partial charge in [0, 0.05) is 25.6 Å². The van der Waals surface area contributed by atoms with E-state index in [2.05, 4.69) is 24.3 Å². The van der Waals surface area contributed by atoms with Gasteiger partial charge in [0.05, 0.1) is 11.1 Å². The lowest BCUT2D eigenvalue weighted by Gasteiger charge is -2.23. The predicted octanol–water partition coefficient (Wildman–Crippen LogP) is 3.56. The Labute approximate surface area is 164 Å². The minimum atomic E-state index is -0.258. The van der Waals surface area contributed by atoms with Crippen molar-refractivity contribution >= 4 is 17.7 Å². The lowest BCUT2D eigenvalue weighted by molar-refractivity contribution is -0.132. The van der Waals surface area contributed by atoms with Crippen molar-refractivity contribution in [3.8, 4) is 0 Å². The van der Waals surface area contributed by atoms with E-state index in [-0.39, 0.29) is 24.3 Å². The van der Waals surface area contributed by atoms with E-state index in [4.69, 9.17) is 0 Å². The summed E-state index contributed by atoms with van der Waals surface area (Å²) in [6.45, 7) is 2.95. The molecule has 0 N–H and O–H groups in total. The fraction of sp³-hybridized carbons (Fsp3) is 0.348. The van der Waals surface area contributed by atoms with Gasteiger partial charge in [-0.2, -0.15) is 0 Å². The highest BCUT2D eigenvalue weighted by molar-refractivity contribution is 6.21. The first-order valence-electron chi connectivity index (χ1n) is 9.85. The van der Waals surface area contributed by atoms with Crippen LogP contribution in [0.15, 0.2) is 48.5 Å². The lowest BCUT2D eigenvalue weighted by atomic mass is 10.1. The highest BCUT2D eigenvalue weighted by Crippen LogP contribution is 2.29. The van der Waals surface area contributed by atoms with Crippen molar-refractivity contribution in [2.24, 2.45) is 0 Å². The number of hydrogen-bond acceptors (Lipinski definition) is 3. The summed E-state index contributed by atoms with van der Waals surface area (Å²) in [6, 6.07) is 15.5. The van der Waals surface area contributed by atoms with Crippen LogP contribution in [-0.2, 0) is 11.3 Å². The first-order chi connectivity index (χ1) is 13.5. The summed E-state index contributed by atoms with van der Waals surface area (Å²) < 4.78 is 0. The highest BCUT2D eigenvalue weighted by Gasteiger charge is 2.35. The molecular formula is C23H24N2O3. The number of fused-ring (bicyclic) bond motifs is 1. The average Bonchev–Trinajstić information content (AvgIpc) is 3.51. The molecule has 1 saturated carbocycles. The Bertz CT molecular complexity index is 881. The third-order valence-corrected chi connectivity index (χ3v) is 5.43. The predicted molar refractivity (Wildman–Crippen MR) is 106 cm³/mol. The fourth-order valence-corrected chi connectivity index (χ4v) is 3.67. The number of hydrogen-bond donors (Lipinski definition) is 0. The molecule has 2 aromatic carbocycles. The Morgan fingerprint density at radius 3 is 2.18 bits per heavy atom. The molecule has 0 saturated heterocycles. The maximum absolute atomic E-state index is 12.8. The maximum atomic E-state index is 12.8. The van der Waals surface area contributed by atoms with Gasteiger partial charge in [0.15, 0.2) is 0 Å². The van der Waals surface area contributed by atoms with Gasteiger partial charge in [0.2, 0.25) is 5.91 Å². The van der Waals surface area contributed by atoms with E-state index in [1.54, 1.807) is 24.3 Å². The Hall–Kier alpha value is -2.95. The smallest absolute Gasteiger partial charge is 0.261 e. The average molecular weight is 376 g/mol. The van der Waals surface area contributed by atoms with Gasteiger partial charge >= 0.3 is 0 Å². The molecule has 0 spiro atoms. The summed E-state index contributed by atoms with van der Waals surface area (Å²) in [5.74, 6) is -0.418. The molecule has 3 amide bonds. The Morgan fingerprint density at radius 2 is 1.61 bits per heavy atom. The standard InChI is InChI=1S/C23H24N2O3/c1-16-8-10-17(11-9-16)15-25(18-12-13-18)21(26)7-4-14-24-22(27)19-5-2-3-6-20(19)23(24)28/h2-3,5-6,8-11,18H,4,7,12-15H2,1H3. The van der Waals surface area contributed by atoms with Crippen LogP contribution < -0.4 is 0 Å². The van der Waals surface area contributed by atoms with Gasteiger partial charge in [-0.25, -0.2) is 0 Å². The number of nitrogens with zero attached hydrogens (tertiary/aromatic N) is 2. The number of benzene rings is 2. The summed E-state index contributed by atoms with van der Waals surface area (Å²) in [5.41, 5.74) is 3.25. The van der Waals surface area contributed by atoms with Crippen molar-refractivity contribution < 1.29 is 14.4 Å². The van der Waals surface area contributed by atoms with Crippen LogP contribution in [0.25, 0.3) is 0 Å². The first-order valence-corrected chi connectivity index (χ1v) is 9.85. The fourth-order valence-electron chi connectivity index (χ4n) is 3.67. The first kappa shape index (κ1) is 18.4. The zero-order valence-electron chi connectivity index (χ0n) is 16.1. The maximum Gasteiger partial charge on any atom is 0.261 e. The van der Waals surface area contributed by atoms with E-state index in [9.17, 15) is 14.4 Å². The summed E-state index contributed by atoms with van der Waals surface area (Å²) in [7, 11) is 0. The highest BCUT2D eigenvalue weighted by atomic mass is 16.2. The van der Waals surface area contributed by atoms with Gasteiger partial charge in [-0.1, -0.05) is 42.0 Å². The third kappa shape index (κ3) is 3.70. The molecule has 0 atom stereocenters. The zero-order valence-corrected chi connectivity index (χ0v) is 16.1. The van der Waals surface area contributed by atoms with Gasteiger partial charge in [-0.15, -0.1) is 0 Å². The van der Waals surface area contributed by atoms with E-state index in [0.29, 0.717) is 36.6 Å². The minimum Gasteiger partial charge on any atom is -0.335 e. The topological polar surface area (TPSA) is 57.7 Å². The molecule has 1 aliphatic heterocycles. The molecule has 2 aromatic rings. The quantitative estimate of drug-likeness (QED) is 0.694. The van der Waals surface area contributed by atoms with Crippen LogP contribution in [0.5, 0.6) is 0 Å². The number of carbonyl (C=O) groups excluding carboxylic acids is 3. The summed E-state index contributed by atoms with van der Waals surface area (Å²) >= 11 is 0. The second-order valence-corrected chi connectivity index (χ2v) is 7.65. The van der Waals surface area contributed by atoms with Crippen molar-refractivity contribution in [1.82, 2.24) is 9.80 Å². The number of aryl methyl sites for hydroxylation is 1. The lowest BCUT2D eigenvalue weighted by Crippen LogP contribution is -2.34. The molecule has 1 aliphatic carbocycles. The SMILES string of the molecule is Cc1ccc(CN(C(=O)CCCN2C(=O)c3ccccc3C2=O)C2CC2)cc1. The molecule has 0 unspecified atom stereocenters. The van der Waals surface area contributed by atoms with Crippen LogP contribution >= 0.6 is 0 Å². The largest absolute Gasteiger partial charge is 0.335 e. The second-order valence-electron chi connectivity index (χ2n) is 7.65. The molecule has 1 heterocycles. The van der Waals surface area contributed by atoms with E-state index >= 15 is 0 Å². The van der Waals surface area contributed by atoms with Crippen molar-refractivity contribution in [2.45, 2.75) is 45.2 Å². The van der Waals surface area contributed by atoms with Gasteiger partial charge < -0.3 is 4.90 Å². The number of imide groups is 1. The van der Waals surface area contributed by atoms with Crippen molar-refractivity contribution in [3.05, 3.63) is 70.8 Å². The molecule has 144 valence electrons. The molecule has 28 heavy (non-hydrogen) atoms. The third-order valence-electron chi connectivity index (χ3n) is 5.43. The minimum absolute atomic E-state index is 0.0969. The van der Waals surface area contributed by atoms with Crippen molar-refractivity contribution in [1.29, 1.82) is 0 Å². The Balaban J connectivity index is 1.34. The van der Waals surface area contributed by atoms with E-state index in [1.807, 2.05) is 11.8 Å². The summed E-state index contributed by atoms with van der Waals surface area (Å²) in [4.78, 5) is 40.8. The molecule has 5 nitrogen and oxygen atoms in total. The van der Waals surface area contributed by atoms with Crippen LogP contribution in [0, 0.1) is 6.92 Å². The molecule has 2 aliphatic rings. The molecule has 0 bridgehead atoms. The Morgan fingerprint density at radius 1 is 1.00 bits per heavy atom. The molecule has 0 radical (unpaired) electrons. The van der Waals surface area contributed by atoms with Crippen molar-refractivity contribution in [3.63, 3.8) is 0 Å². The Kier molecular flexibility index (Phi) is 4.99. The van der Waals surface area contributed by atoms with E-state index in [0.717, 1.165) is 18.4 Å². The monoisotopic (exact) mass is 376 g/mol.